The summed E-state index contributed by atoms with van der Waals surface area (Å²) in [5.41, 5.74) is 0.250. The van der Waals surface area contributed by atoms with Gasteiger partial charge in [-0.15, -0.1) is 11.3 Å². The largest absolute Gasteiger partial charge is 0.493 e. The Hall–Kier alpha value is -3.62. The second-order valence-corrected chi connectivity index (χ2v) is 8.15. The fourth-order valence-electron chi connectivity index (χ4n) is 3.28. The maximum Gasteiger partial charge on any atom is 0.333 e. The lowest BCUT2D eigenvalue weighted by Crippen LogP contribution is -2.45. The number of aromatic nitrogens is 1. The molecule has 1 fully saturated rings. The molecule has 0 N–H and O–H groups in total. The highest BCUT2D eigenvalue weighted by molar-refractivity contribution is 7.07. The summed E-state index contributed by atoms with van der Waals surface area (Å²) in [6.45, 7) is 3.35. The fourth-order valence-corrected chi connectivity index (χ4v) is 4.31. The molecule has 0 unspecified atom stereocenters. The van der Waals surface area contributed by atoms with Crippen molar-refractivity contribution in [2.24, 2.45) is 0 Å². The molecule has 34 heavy (non-hydrogen) atoms. The molecule has 2 aromatic rings. The molecule has 0 aliphatic carbocycles. The molecule has 0 radical (unpaired) electrons. The smallest absolute Gasteiger partial charge is 0.333 e. The molecule has 11 heteroatoms. The number of nitrogens with zero attached hydrogens (tertiary/aromatic N) is 3. The quantitative estimate of drug-likeness (QED) is 0.472. The van der Waals surface area contributed by atoms with E-state index in [-0.39, 0.29) is 25.7 Å². The van der Waals surface area contributed by atoms with E-state index in [1.165, 1.54) is 17.8 Å². The molecule has 1 aliphatic rings. The summed E-state index contributed by atoms with van der Waals surface area (Å²) in [6.07, 6.45) is 2.86. The zero-order valence-corrected chi connectivity index (χ0v) is 19.8. The average molecular weight is 488 g/mol. The third-order valence-electron chi connectivity index (χ3n) is 4.90. The number of amides is 1. The Morgan fingerprint density at radius 3 is 2.71 bits per heavy atom. The Morgan fingerprint density at radius 1 is 1.26 bits per heavy atom. The maximum absolute atomic E-state index is 13.2. The summed E-state index contributed by atoms with van der Waals surface area (Å²) in [6, 6.07) is 6.92. The van der Waals surface area contributed by atoms with E-state index in [4.69, 9.17) is 24.2 Å². The van der Waals surface area contributed by atoms with Crippen LogP contribution < -0.4 is 24.2 Å². The SMILES string of the molecule is CCOC(=O)/C=c1\s/c(=C\c2ccc(OCC#N)c(OC)c2)c(=O)n1CC(=O)N1CCOCC1. The summed E-state index contributed by atoms with van der Waals surface area (Å²) in [4.78, 5) is 39.7. The standard InChI is InChI=1S/C23H25N3O7S/c1-3-32-22(28)14-21-26(15-20(27)25-7-10-31-11-8-25)23(29)19(34-21)13-16-4-5-17(33-9-6-24)18(12-16)30-2/h4-5,12-14H,3,7-11,15H2,1-2H3/b19-13-,21-14-. The van der Waals surface area contributed by atoms with Crippen LogP contribution in [0.4, 0.5) is 0 Å². The molecule has 0 atom stereocenters. The number of carbonyl (C=O) groups is 2. The molecule has 1 aromatic heterocycles. The van der Waals surface area contributed by atoms with Gasteiger partial charge in [-0.05, 0) is 30.7 Å². The van der Waals surface area contributed by atoms with Gasteiger partial charge in [-0.25, -0.2) is 4.79 Å². The minimum atomic E-state index is -0.594. The predicted molar refractivity (Wildman–Crippen MR) is 124 cm³/mol. The first-order valence-electron chi connectivity index (χ1n) is 10.6. The van der Waals surface area contributed by atoms with Gasteiger partial charge in [0, 0.05) is 13.1 Å². The Bertz CT molecular complexity index is 1250. The lowest BCUT2D eigenvalue weighted by atomic mass is 10.2. The first kappa shape index (κ1) is 25.0. The number of rotatable bonds is 8. The Labute approximate surface area is 199 Å². The second-order valence-electron chi connectivity index (χ2n) is 7.09. The van der Waals surface area contributed by atoms with E-state index in [0.717, 1.165) is 11.3 Å². The highest BCUT2D eigenvalue weighted by Gasteiger charge is 2.19. The van der Waals surface area contributed by atoms with Crippen molar-refractivity contribution in [3.05, 3.63) is 43.3 Å². The molecule has 180 valence electrons. The first-order valence-corrected chi connectivity index (χ1v) is 11.4. The van der Waals surface area contributed by atoms with Gasteiger partial charge in [0.15, 0.2) is 18.1 Å². The lowest BCUT2D eigenvalue weighted by molar-refractivity contribution is -0.136. The Morgan fingerprint density at radius 2 is 2.03 bits per heavy atom. The molecule has 0 bridgehead atoms. The topological polar surface area (TPSA) is 120 Å². The van der Waals surface area contributed by atoms with E-state index < -0.39 is 11.5 Å². The number of esters is 1. The summed E-state index contributed by atoms with van der Waals surface area (Å²) < 4.78 is 22.8. The van der Waals surface area contributed by atoms with Crippen molar-refractivity contribution >= 4 is 35.4 Å². The number of morpholine rings is 1. The van der Waals surface area contributed by atoms with Crippen LogP contribution in [-0.2, 0) is 25.6 Å². The van der Waals surface area contributed by atoms with Crippen molar-refractivity contribution < 1.29 is 28.5 Å². The maximum atomic E-state index is 13.2. The summed E-state index contributed by atoms with van der Waals surface area (Å²) in [7, 11) is 1.47. The first-order chi connectivity index (χ1) is 16.5. The van der Waals surface area contributed by atoms with Crippen molar-refractivity contribution in [1.29, 1.82) is 5.26 Å². The Kier molecular flexibility index (Phi) is 8.84. The van der Waals surface area contributed by atoms with E-state index in [9.17, 15) is 14.4 Å². The second kappa shape index (κ2) is 12.0. The molecule has 10 nitrogen and oxygen atoms in total. The molecule has 3 rings (SSSR count). The van der Waals surface area contributed by atoms with E-state index in [1.807, 2.05) is 6.07 Å². The van der Waals surface area contributed by atoms with Crippen LogP contribution >= 0.6 is 11.3 Å². The van der Waals surface area contributed by atoms with Crippen molar-refractivity contribution in [3.8, 4) is 17.6 Å². The average Bonchev–Trinajstić information content (AvgIpc) is 3.12. The summed E-state index contributed by atoms with van der Waals surface area (Å²) >= 11 is 1.08. The van der Waals surface area contributed by atoms with Crippen LogP contribution in [0.15, 0.2) is 23.0 Å². The van der Waals surface area contributed by atoms with Gasteiger partial charge >= 0.3 is 5.97 Å². The fraction of sp³-hybridized carbons (Fsp3) is 0.391. The number of methoxy groups -OCH3 is 1. The highest BCUT2D eigenvalue weighted by Crippen LogP contribution is 2.28. The van der Waals surface area contributed by atoms with Crippen molar-refractivity contribution in [1.82, 2.24) is 9.47 Å². The van der Waals surface area contributed by atoms with E-state index in [1.54, 1.807) is 36.1 Å². The van der Waals surface area contributed by atoms with Crippen LogP contribution in [0.1, 0.15) is 12.5 Å². The highest BCUT2D eigenvalue weighted by atomic mass is 32.1. The van der Waals surface area contributed by atoms with E-state index >= 15 is 0 Å². The molecule has 2 heterocycles. The molecule has 0 spiro atoms. The van der Waals surface area contributed by atoms with Crippen molar-refractivity contribution in [2.75, 3.05) is 46.6 Å². The molecule has 1 saturated heterocycles. The number of thiazole rings is 1. The predicted octanol–water partition coefficient (Wildman–Crippen LogP) is -0.148. The van der Waals surface area contributed by atoms with Crippen LogP contribution in [0, 0.1) is 11.3 Å². The number of carbonyl (C=O) groups excluding carboxylic acids is 2. The number of benzene rings is 1. The monoisotopic (exact) mass is 487 g/mol. The van der Waals surface area contributed by atoms with Crippen LogP contribution in [0.2, 0.25) is 0 Å². The molecule has 0 saturated carbocycles. The van der Waals surface area contributed by atoms with Gasteiger partial charge in [0.25, 0.3) is 5.56 Å². The van der Waals surface area contributed by atoms with Crippen LogP contribution in [0.5, 0.6) is 11.5 Å². The van der Waals surface area contributed by atoms with Gasteiger partial charge in [0.1, 0.15) is 17.3 Å². The van der Waals surface area contributed by atoms with Gasteiger partial charge in [-0.1, -0.05) is 6.07 Å². The van der Waals surface area contributed by atoms with Crippen molar-refractivity contribution in [3.63, 3.8) is 0 Å². The molecule has 1 aromatic carbocycles. The third-order valence-corrected chi connectivity index (χ3v) is 5.96. The van der Waals surface area contributed by atoms with Gasteiger partial charge in [0.2, 0.25) is 5.91 Å². The normalized spacial score (nSPS) is 14.6. The lowest BCUT2D eigenvalue weighted by Gasteiger charge is -2.26. The molecule has 1 aliphatic heterocycles. The zero-order chi connectivity index (χ0) is 24.5. The van der Waals surface area contributed by atoms with Gasteiger partial charge in [0.05, 0.1) is 37.5 Å². The zero-order valence-electron chi connectivity index (χ0n) is 18.9. The minimum Gasteiger partial charge on any atom is -0.493 e. The third kappa shape index (κ3) is 6.24. The molecular formula is C23H25N3O7S. The van der Waals surface area contributed by atoms with E-state index in [0.29, 0.717) is 52.6 Å². The number of ether oxygens (including phenoxy) is 4. The van der Waals surface area contributed by atoms with Crippen LogP contribution in [0.25, 0.3) is 12.2 Å². The van der Waals surface area contributed by atoms with Gasteiger partial charge < -0.3 is 23.8 Å². The Balaban J connectivity index is 2.02. The van der Waals surface area contributed by atoms with Crippen LogP contribution in [0.3, 0.4) is 0 Å². The number of hydrogen-bond acceptors (Lipinski definition) is 9. The van der Waals surface area contributed by atoms with E-state index in [2.05, 4.69) is 0 Å². The number of nitriles is 1. The molecular weight excluding hydrogens is 462 g/mol. The number of hydrogen-bond donors (Lipinski definition) is 0. The molecule has 1 amide bonds. The summed E-state index contributed by atoms with van der Waals surface area (Å²) in [5.74, 6) is -0.0172. The van der Waals surface area contributed by atoms with Crippen molar-refractivity contribution in [2.45, 2.75) is 13.5 Å². The van der Waals surface area contributed by atoms with Gasteiger partial charge in [-0.2, -0.15) is 5.26 Å². The van der Waals surface area contributed by atoms with Gasteiger partial charge in [-0.3, -0.25) is 14.2 Å². The minimum absolute atomic E-state index is 0.126. The van der Waals surface area contributed by atoms with Crippen LogP contribution in [-0.4, -0.2) is 68.0 Å². The summed E-state index contributed by atoms with van der Waals surface area (Å²) in [5, 5.41) is 8.71.